The number of unbranched alkanes of at least 4 members (excludes halogenated alkanes) is 30. The van der Waals surface area contributed by atoms with Gasteiger partial charge in [-0.05, 0) is 38.5 Å². The van der Waals surface area contributed by atoms with Crippen LogP contribution in [0, 0.1) is 0 Å². The van der Waals surface area contributed by atoms with E-state index in [9.17, 15) is 45.3 Å². The predicted molar refractivity (Wildman–Crippen MR) is 275 cm³/mol. The molecule has 2 saturated heterocycles. The van der Waals surface area contributed by atoms with Crippen LogP contribution in [-0.4, -0.2) is 142 Å². The van der Waals surface area contributed by atoms with Crippen LogP contribution in [0.25, 0.3) is 0 Å². The molecule has 0 bridgehead atoms. The zero-order valence-corrected chi connectivity index (χ0v) is 44.5. The molecule has 11 unspecified atom stereocenters. The van der Waals surface area contributed by atoms with Gasteiger partial charge in [0.1, 0.15) is 55.4 Å². The summed E-state index contributed by atoms with van der Waals surface area (Å²) in [6, 6.07) is 0. The molecule has 0 aromatic carbocycles. The Morgan fingerprint density at radius 2 is 0.803 bits per heavy atom. The number of allylic oxidation sites excluding steroid dienone is 2. The zero-order valence-electron chi connectivity index (χ0n) is 44.5. The molecule has 2 heterocycles. The minimum absolute atomic E-state index is 0.160. The van der Waals surface area contributed by atoms with Crippen molar-refractivity contribution in [1.29, 1.82) is 0 Å². The van der Waals surface area contributed by atoms with Gasteiger partial charge >= 0.3 is 11.9 Å². The number of aliphatic hydroxyl groups is 7. The highest BCUT2D eigenvalue weighted by molar-refractivity contribution is 5.70. The number of aliphatic hydroxyl groups excluding tert-OH is 7. The molecule has 71 heavy (non-hydrogen) atoms. The first-order chi connectivity index (χ1) is 34.5. The van der Waals surface area contributed by atoms with Gasteiger partial charge in [0.25, 0.3) is 0 Å². The molecule has 15 nitrogen and oxygen atoms in total. The molecule has 2 fully saturated rings. The summed E-state index contributed by atoms with van der Waals surface area (Å²) in [6.45, 7) is 2.62. The lowest BCUT2D eigenvalue weighted by Crippen LogP contribution is -2.61. The zero-order chi connectivity index (χ0) is 51.7. The van der Waals surface area contributed by atoms with E-state index in [0.717, 1.165) is 57.8 Å². The van der Waals surface area contributed by atoms with E-state index in [1.807, 2.05) is 0 Å². The summed E-state index contributed by atoms with van der Waals surface area (Å²) >= 11 is 0. The number of rotatable bonds is 46. The molecule has 0 aliphatic carbocycles. The van der Waals surface area contributed by atoms with E-state index < -0.39 is 92.7 Å². The Balaban J connectivity index is 1.75. The van der Waals surface area contributed by atoms with Crippen molar-refractivity contribution in [2.24, 2.45) is 0 Å². The van der Waals surface area contributed by atoms with Gasteiger partial charge in [-0.1, -0.05) is 199 Å². The molecule has 7 N–H and O–H groups in total. The Morgan fingerprint density at radius 3 is 1.24 bits per heavy atom. The highest BCUT2D eigenvalue weighted by atomic mass is 16.7. The van der Waals surface area contributed by atoms with Crippen molar-refractivity contribution in [3.63, 3.8) is 0 Å². The fourth-order valence-electron chi connectivity index (χ4n) is 9.27. The van der Waals surface area contributed by atoms with Gasteiger partial charge in [-0.2, -0.15) is 0 Å². The van der Waals surface area contributed by atoms with Crippen molar-refractivity contribution < 1.29 is 73.8 Å². The summed E-state index contributed by atoms with van der Waals surface area (Å²) < 4.78 is 33.7. The molecule has 0 radical (unpaired) electrons. The van der Waals surface area contributed by atoms with E-state index in [4.69, 9.17) is 28.4 Å². The van der Waals surface area contributed by atoms with Gasteiger partial charge in [-0.3, -0.25) is 9.59 Å². The van der Waals surface area contributed by atoms with Gasteiger partial charge in [0.05, 0.1) is 19.8 Å². The van der Waals surface area contributed by atoms with Gasteiger partial charge in [0, 0.05) is 12.8 Å². The van der Waals surface area contributed by atoms with Gasteiger partial charge < -0.3 is 64.2 Å². The third-order valence-electron chi connectivity index (χ3n) is 14.0. The van der Waals surface area contributed by atoms with Crippen LogP contribution in [0.1, 0.15) is 239 Å². The van der Waals surface area contributed by atoms with Crippen molar-refractivity contribution in [3.05, 3.63) is 12.2 Å². The molecule has 15 heteroatoms. The molecule has 0 saturated carbocycles. The van der Waals surface area contributed by atoms with Gasteiger partial charge in [0.2, 0.25) is 0 Å². The van der Waals surface area contributed by atoms with Gasteiger partial charge in [-0.15, -0.1) is 0 Å². The van der Waals surface area contributed by atoms with Crippen LogP contribution in [0.5, 0.6) is 0 Å². The Morgan fingerprint density at radius 1 is 0.437 bits per heavy atom. The summed E-state index contributed by atoms with van der Waals surface area (Å²) in [4.78, 5) is 25.9. The molecule has 0 amide bonds. The molecule has 11 atom stereocenters. The molecule has 418 valence electrons. The normalized spacial score (nSPS) is 25.2. The van der Waals surface area contributed by atoms with Crippen LogP contribution in [0.15, 0.2) is 12.2 Å². The summed E-state index contributed by atoms with van der Waals surface area (Å²) in [7, 11) is 0. The third-order valence-corrected chi connectivity index (χ3v) is 14.0. The van der Waals surface area contributed by atoms with Gasteiger partial charge in [0.15, 0.2) is 18.7 Å². The highest BCUT2D eigenvalue weighted by Crippen LogP contribution is 2.27. The van der Waals surface area contributed by atoms with Crippen LogP contribution in [0.3, 0.4) is 0 Å². The molecule has 0 aromatic rings. The minimum atomic E-state index is -1.76. The van der Waals surface area contributed by atoms with E-state index in [2.05, 4.69) is 26.0 Å². The van der Waals surface area contributed by atoms with Crippen molar-refractivity contribution in [3.8, 4) is 0 Å². The standard InChI is InChI=1S/C56H104O15/c1-3-5-7-9-11-13-15-17-19-20-21-22-23-25-26-28-30-32-34-36-38-47(58)66-41-44(69-48(59)39-37-35-33-31-29-27-24-18-16-14-12-10-8-6-4-2)42-67-55-54(65)52(63)50(61)46(71-55)43-68-56-53(64)51(62)49(60)45(40-57)70-56/h18,24,44-46,49-57,60-65H,3-17,19-23,25-43H2,1-2H3/b24-18-. The number of carbonyl (C=O) groups excluding carboxylic acids is 2. The second-order valence-corrected chi connectivity index (χ2v) is 20.5. The molecule has 2 aliphatic heterocycles. The quantitative estimate of drug-likeness (QED) is 0.0171. The van der Waals surface area contributed by atoms with Crippen molar-refractivity contribution >= 4 is 11.9 Å². The van der Waals surface area contributed by atoms with E-state index in [1.54, 1.807) is 0 Å². The molecular weight excluding hydrogens is 913 g/mol. The SMILES string of the molecule is CCCCCCCC/C=C\CCCCCCCC(=O)OC(COC(=O)CCCCCCCCCCCCCCCCCCCCCC)COC1OC(COC2OC(CO)C(O)C(O)C2O)C(O)C(O)C1O. The first-order valence-electron chi connectivity index (χ1n) is 28.8. The van der Waals surface area contributed by atoms with Crippen LogP contribution >= 0.6 is 0 Å². The summed E-state index contributed by atoms with van der Waals surface area (Å²) in [5, 5.41) is 72.2. The Labute approximate surface area is 429 Å². The Hall–Kier alpha value is -1.76. The average molecular weight is 1020 g/mol. The number of hydrogen-bond acceptors (Lipinski definition) is 15. The second kappa shape index (κ2) is 43.5. The molecule has 0 aromatic heterocycles. The van der Waals surface area contributed by atoms with Crippen LogP contribution < -0.4 is 0 Å². The smallest absolute Gasteiger partial charge is 0.306 e. The van der Waals surface area contributed by atoms with Crippen LogP contribution in [0.2, 0.25) is 0 Å². The second-order valence-electron chi connectivity index (χ2n) is 20.5. The molecular formula is C56H104O15. The molecule has 0 spiro atoms. The fraction of sp³-hybridized carbons (Fsp3) is 0.929. The van der Waals surface area contributed by atoms with E-state index in [1.165, 1.54) is 141 Å². The predicted octanol–water partition coefficient (Wildman–Crippen LogP) is 9.33. The topological polar surface area (TPSA) is 231 Å². The number of ether oxygens (including phenoxy) is 6. The lowest BCUT2D eigenvalue weighted by atomic mass is 9.98. The lowest BCUT2D eigenvalue weighted by molar-refractivity contribution is -0.332. The summed E-state index contributed by atoms with van der Waals surface area (Å²) in [5.41, 5.74) is 0. The largest absolute Gasteiger partial charge is 0.462 e. The maximum atomic E-state index is 13.0. The van der Waals surface area contributed by atoms with Crippen LogP contribution in [-0.2, 0) is 38.0 Å². The molecule has 2 rings (SSSR count). The van der Waals surface area contributed by atoms with Crippen molar-refractivity contribution in [2.45, 2.75) is 306 Å². The van der Waals surface area contributed by atoms with Crippen molar-refractivity contribution in [2.75, 3.05) is 26.4 Å². The average Bonchev–Trinajstić information content (AvgIpc) is 3.36. The van der Waals surface area contributed by atoms with E-state index in [0.29, 0.717) is 12.8 Å². The highest BCUT2D eigenvalue weighted by Gasteiger charge is 2.47. The first kappa shape index (κ1) is 65.4. The Bertz CT molecular complexity index is 1290. The molecule has 2 aliphatic rings. The lowest BCUT2D eigenvalue weighted by Gasteiger charge is -2.42. The Kier molecular flexibility index (Phi) is 40.0. The van der Waals surface area contributed by atoms with E-state index >= 15 is 0 Å². The van der Waals surface area contributed by atoms with Crippen molar-refractivity contribution in [1.82, 2.24) is 0 Å². The van der Waals surface area contributed by atoms with E-state index in [-0.39, 0.29) is 26.1 Å². The number of esters is 2. The maximum Gasteiger partial charge on any atom is 0.306 e. The number of carbonyl (C=O) groups is 2. The fourth-order valence-corrected chi connectivity index (χ4v) is 9.27. The third kappa shape index (κ3) is 31.0. The first-order valence-corrected chi connectivity index (χ1v) is 28.8. The van der Waals surface area contributed by atoms with Gasteiger partial charge in [-0.25, -0.2) is 0 Å². The summed E-state index contributed by atoms with van der Waals surface area (Å²) in [5.74, 6) is -0.920. The maximum absolute atomic E-state index is 13.0. The summed E-state index contributed by atoms with van der Waals surface area (Å²) in [6.07, 6.45) is 28.1. The minimum Gasteiger partial charge on any atom is -0.462 e. The van der Waals surface area contributed by atoms with Crippen LogP contribution in [0.4, 0.5) is 0 Å². The monoisotopic (exact) mass is 1020 g/mol. The number of hydrogen-bond donors (Lipinski definition) is 7.